The third-order valence-electron chi connectivity index (χ3n) is 6.44. The maximum atomic E-state index is 13.2. The molecule has 33 heavy (non-hydrogen) atoms. The number of fused-ring (bicyclic) bond motifs is 3. The number of nitrogens with zero attached hydrogens (tertiary/aromatic N) is 5. The molecule has 170 valence electrons. The molecule has 0 bridgehead atoms. The van der Waals surface area contributed by atoms with Crippen LogP contribution >= 0.6 is 0 Å². The zero-order chi connectivity index (χ0) is 22.8. The van der Waals surface area contributed by atoms with E-state index in [1.165, 1.54) is 0 Å². The van der Waals surface area contributed by atoms with E-state index in [-0.39, 0.29) is 11.9 Å². The lowest BCUT2D eigenvalue weighted by molar-refractivity contribution is -0.120. The van der Waals surface area contributed by atoms with Crippen LogP contribution in [0.2, 0.25) is 0 Å². The van der Waals surface area contributed by atoms with Crippen molar-refractivity contribution in [1.82, 2.24) is 15.0 Å². The lowest BCUT2D eigenvalue weighted by atomic mass is 10.1. The van der Waals surface area contributed by atoms with Crippen LogP contribution < -0.4 is 15.1 Å². The SMILES string of the molecule is CCCN1C(=O)[C@H]2CCCCCN2c2nc(Nc3ccc(-c4ccnc(C)c4)cc3)ncc21. The molecule has 0 radical (unpaired) electrons. The van der Waals surface area contributed by atoms with E-state index in [9.17, 15) is 4.79 Å². The maximum Gasteiger partial charge on any atom is 0.249 e. The largest absolute Gasteiger partial charge is 0.343 e. The van der Waals surface area contributed by atoms with Crippen molar-refractivity contribution in [3.63, 3.8) is 0 Å². The number of aryl methyl sites for hydroxylation is 1. The molecule has 4 heterocycles. The molecule has 1 saturated heterocycles. The number of aromatic nitrogens is 3. The van der Waals surface area contributed by atoms with Crippen molar-refractivity contribution in [2.24, 2.45) is 0 Å². The van der Waals surface area contributed by atoms with Crippen LogP contribution in [0.1, 0.15) is 44.7 Å². The van der Waals surface area contributed by atoms with E-state index in [2.05, 4.69) is 45.3 Å². The highest BCUT2D eigenvalue weighted by Crippen LogP contribution is 2.38. The van der Waals surface area contributed by atoms with Crippen LogP contribution in [0.15, 0.2) is 48.8 Å². The predicted molar refractivity (Wildman–Crippen MR) is 132 cm³/mol. The van der Waals surface area contributed by atoms with Crippen LogP contribution in [0.3, 0.4) is 0 Å². The Bertz CT molecular complexity index is 1150. The summed E-state index contributed by atoms with van der Waals surface area (Å²) in [5.41, 5.74) is 5.04. The average molecular weight is 443 g/mol. The minimum atomic E-state index is -0.114. The molecule has 1 atom stereocenters. The van der Waals surface area contributed by atoms with Gasteiger partial charge in [0.2, 0.25) is 11.9 Å². The first-order valence-electron chi connectivity index (χ1n) is 11.9. The summed E-state index contributed by atoms with van der Waals surface area (Å²) in [4.78, 5) is 31.0. The van der Waals surface area contributed by atoms with Crippen LogP contribution in [0, 0.1) is 6.92 Å². The van der Waals surface area contributed by atoms with Gasteiger partial charge in [-0.2, -0.15) is 4.98 Å². The fourth-order valence-corrected chi connectivity index (χ4v) is 4.80. The summed E-state index contributed by atoms with van der Waals surface area (Å²) in [7, 11) is 0. The molecule has 0 spiro atoms. The van der Waals surface area contributed by atoms with Gasteiger partial charge in [0, 0.05) is 30.7 Å². The van der Waals surface area contributed by atoms with Gasteiger partial charge in [0.25, 0.3) is 0 Å². The molecule has 7 nitrogen and oxygen atoms in total. The Labute approximate surface area is 194 Å². The van der Waals surface area contributed by atoms with Crippen LogP contribution in [-0.4, -0.2) is 40.0 Å². The summed E-state index contributed by atoms with van der Waals surface area (Å²) in [5, 5.41) is 3.35. The monoisotopic (exact) mass is 442 g/mol. The first-order chi connectivity index (χ1) is 16.1. The number of amides is 1. The average Bonchev–Trinajstić information content (AvgIpc) is 3.09. The van der Waals surface area contributed by atoms with E-state index >= 15 is 0 Å². The number of hydrogen-bond acceptors (Lipinski definition) is 6. The molecule has 0 saturated carbocycles. The number of benzene rings is 1. The summed E-state index contributed by atoms with van der Waals surface area (Å²) in [6.07, 6.45) is 8.75. The number of hydrogen-bond donors (Lipinski definition) is 1. The molecule has 2 aliphatic heterocycles. The molecule has 5 rings (SSSR count). The number of rotatable bonds is 5. The number of pyridine rings is 1. The van der Waals surface area contributed by atoms with Crippen LogP contribution in [0.5, 0.6) is 0 Å². The molecule has 7 heteroatoms. The maximum absolute atomic E-state index is 13.2. The Morgan fingerprint density at radius 3 is 2.70 bits per heavy atom. The highest BCUT2D eigenvalue weighted by atomic mass is 16.2. The summed E-state index contributed by atoms with van der Waals surface area (Å²) < 4.78 is 0. The van der Waals surface area contributed by atoms with E-state index in [1.54, 1.807) is 6.20 Å². The van der Waals surface area contributed by atoms with E-state index < -0.39 is 0 Å². The predicted octanol–water partition coefficient (Wildman–Crippen LogP) is 5.10. The van der Waals surface area contributed by atoms with Crippen molar-refractivity contribution in [2.45, 2.75) is 52.0 Å². The van der Waals surface area contributed by atoms with Gasteiger partial charge >= 0.3 is 0 Å². The number of carbonyl (C=O) groups is 1. The third-order valence-corrected chi connectivity index (χ3v) is 6.44. The fourth-order valence-electron chi connectivity index (χ4n) is 4.80. The summed E-state index contributed by atoms with van der Waals surface area (Å²) >= 11 is 0. The van der Waals surface area contributed by atoms with Crippen molar-refractivity contribution in [1.29, 1.82) is 0 Å². The van der Waals surface area contributed by atoms with Gasteiger partial charge in [-0.05, 0) is 61.6 Å². The molecular weight excluding hydrogens is 412 g/mol. The van der Waals surface area contributed by atoms with E-state index in [1.807, 2.05) is 36.2 Å². The van der Waals surface area contributed by atoms with Gasteiger partial charge in [0.15, 0.2) is 5.82 Å². The lowest BCUT2D eigenvalue weighted by Gasteiger charge is -2.41. The minimum Gasteiger partial charge on any atom is -0.343 e. The second-order valence-corrected chi connectivity index (χ2v) is 8.84. The van der Waals surface area contributed by atoms with Gasteiger partial charge in [-0.25, -0.2) is 4.98 Å². The van der Waals surface area contributed by atoms with Gasteiger partial charge in [0.05, 0.1) is 6.20 Å². The van der Waals surface area contributed by atoms with Crippen LogP contribution in [-0.2, 0) is 4.79 Å². The molecule has 0 aliphatic carbocycles. The fraction of sp³-hybridized carbons (Fsp3) is 0.385. The quantitative estimate of drug-likeness (QED) is 0.593. The van der Waals surface area contributed by atoms with E-state index in [4.69, 9.17) is 4.98 Å². The molecule has 1 fully saturated rings. The summed E-state index contributed by atoms with van der Waals surface area (Å²) in [6.45, 7) is 5.65. The molecule has 1 amide bonds. The smallest absolute Gasteiger partial charge is 0.249 e. The zero-order valence-electron chi connectivity index (χ0n) is 19.3. The van der Waals surface area contributed by atoms with Gasteiger partial charge in [-0.3, -0.25) is 9.78 Å². The Morgan fingerprint density at radius 1 is 1.06 bits per heavy atom. The van der Waals surface area contributed by atoms with Gasteiger partial charge in [0.1, 0.15) is 11.7 Å². The van der Waals surface area contributed by atoms with Crippen molar-refractivity contribution >= 4 is 29.0 Å². The topological polar surface area (TPSA) is 74.2 Å². The zero-order valence-corrected chi connectivity index (χ0v) is 19.3. The number of nitrogens with one attached hydrogen (secondary N) is 1. The standard InChI is InChI=1S/C26H30N6O/c1-3-14-32-23-17-28-26(30-24(23)31-15-6-4-5-7-22(31)25(32)33)29-21-10-8-19(9-11-21)20-12-13-27-18(2)16-20/h8-13,16-17,22H,3-7,14-15H2,1-2H3,(H,28,29,30)/t22-/m1/s1. The Kier molecular flexibility index (Phi) is 5.94. The molecule has 1 N–H and O–H groups in total. The Morgan fingerprint density at radius 2 is 1.91 bits per heavy atom. The van der Waals surface area contributed by atoms with E-state index in [0.29, 0.717) is 12.5 Å². The van der Waals surface area contributed by atoms with Gasteiger partial charge in [-0.15, -0.1) is 0 Å². The molecule has 2 aliphatic rings. The first kappa shape index (κ1) is 21.4. The first-order valence-corrected chi connectivity index (χ1v) is 11.9. The second-order valence-electron chi connectivity index (χ2n) is 8.84. The van der Waals surface area contributed by atoms with Gasteiger partial charge < -0.3 is 15.1 Å². The van der Waals surface area contributed by atoms with Crippen LogP contribution in [0.25, 0.3) is 11.1 Å². The third kappa shape index (κ3) is 4.27. The number of anilines is 4. The van der Waals surface area contributed by atoms with Crippen LogP contribution in [0.4, 0.5) is 23.1 Å². The molecule has 3 aromatic rings. The summed E-state index contributed by atoms with van der Waals surface area (Å²) in [5.74, 6) is 1.61. The second kappa shape index (κ2) is 9.17. The highest BCUT2D eigenvalue weighted by Gasteiger charge is 2.39. The normalized spacial score (nSPS) is 17.9. The molecule has 1 aromatic carbocycles. The Hall–Kier alpha value is -3.48. The van der Waals surface area contributed by atoms with Crippen molar-refractivity contribution in [3.05, 3.63) is 54.5 Å². The highest BCUT2D eigenvalue weighted by molar-refractivity contribution is 6.04. The van der Waals surface area contributed by atoms with E-state index in [0.717, 1.165) is 72.7 Å². The van der Waals surface area contributed by atoms with Crippen molar-refractivity contribution in [3.8, 4) is 11.1 Å². The van der Waals surface area contributed by atoms with Gasteiger partial charge in [-0.1, -0.05) is 31.9 Å². The van der Waals surface area contributed by atoms with Crippen molar-refractivity contribution < 1.29 is 4.79 Å². The summed E-state index contributed by atoms with van der Waals surface area (Å²) in [6, 6.07) is 12.2. The molecule has 0 unspecified atom stereocenters. The minimum absolute atomic E-state index is 0.114. The van der Waals surface area contributed by atoms with Crippen molar-refractivity contribution in [2.75, 3.05) is 28.2 Å². The lowest BCUT2D eigenvalue weighted by Crippen LogP contribution is -2.54. The molecule has 2 aromatic heterocycles. The Balaban J connectivity index is 1.42. The molecular formula is C26H30N6O. The number of carbonyl (C=O) groups excluding carboxylic acids is 1.